The lowest BCUT2D eigenvalue weighted by Crippen LogP contribution is -2.11. The molecule has 3 rings (SSSR count). The second-order valence-electron chi connectivity index (χ2n) is 6.17. The maximum atomic E-state index is 11.2. The summed E-state index contributed by atoms with van der Waals surface area (Å²) in [5, 5.41) is 30.4. The van der Waals surface area contributed by atoms with Gasteiger partial charge in [-0.3, -0.25) is 24.8 Å². The third kappa shape index (κ3) is 4.34. The average molecular weight is 399 g/mol. The normalized spacial score (nSPS) is 11.9. The molecule has 9 nitrogen and oxygen atoms in total. The Morgan fingerprint density at radius 1 is 1.07 bits per heavy atom. The molecule has 0 radical (unpaired) electrons. The second-order valence-corrected chi connectivity index (χ2v) is 7.34. The Hall–Kier alpha value is -3.27. The summed E-state index contributed by atoms with van der Waals surface area (Å²) in [6.45, 7) is 3.38. The number of nitrogens with zero attached hydrogens (tertiary/aromatic N) is 5. The standard InChI is InChI=1S/C18H17N5O4S/c1-12-6-8-15(9-7-12)22-13(2)19-20-18(22)28-17(11-21(24)25)14-4-3-5-16(10-14)23(26)27/h3-10,17H,11H2,1-2H3/t17-/m1/s1. The maximum absolute atomic E-state index is 11.2. The Bertz CT molecular complexity index is 1020. The predicted octanol–water partition coefficient (Wildman–Crippen LogP) is 3.90. The van der Waals surface area contributed by atoms with E-state index in [2.05, 4.69) is 10.2 Å². The summed E-state index contributed by atoms with van der Waals surface area (Å²) in [7, 11) is 0. The first-order valence-corrected chi connectivity index (χ1v) is 9.25. The molecule has 10 heteroatoms. The van der Waals surface area contributed by atoms with Gasteiger partial charge in [0, 0.05) is 22.7 Å². The minimum atomic E-state index is -0.650. The number of non-ortho nitro benzene ring substituents is 1. The molecule has 0 aliphatic carbocycles. The Kier molecular flexibility index (Phi) is 5.69. The second kappa shape index (κ2) is 8.17. The first-order chi connectivity index (χ1) is 13.3. The van der Waals surface area contributed by atoms with Crippen LogP contribution in [-0.4, -0.2) is 31.2 Å². The van der Waals surface area contributed by atoms with Crippen LogP contribution in [0.15, 0.2) is 53.7 Å². The Morgan fingerprint density at radius 2 is 1.79 bits per heavy atom. The molecule has 144 valence electrons. The minimum Gasteiger partial charge on any atom is -0.274 e. The zero-order chi connectivity index (χ0) is 20.3. The van der Waals surface area contributed by atoms with Crippen LogP contribution < -0.4 is 0 Å². The number of aromatic nitrogens is 3. The van der Waals surface area contributed by atoms with Gasteiger partial charge in [-0.05, 0) is 31.5 Å². The van der Waals surface area contributed by atoms with Crippen LogP contribution in [0.25, 0.3) is 5.69 Å². The van der Waals surface area contributed by atoms with Crippen LogP contribution in [0.2, 0.25) is 0 Å². The fourth-order valence-corrected chi connectivity index (χ4v) is 3.89. The molecule has 0 spiro atoms. The quantitative estimate of drug-likeness (QED) is 0.336. The molecule has 1 aromatic heterocycles. The van der Waals surface area contributed by atoms with E-state index in [1.807, 2.05) is 35.8 Å². The van der Waals surface area contributed by atoms with Crippen molar-refractivity contribution in [2.75, 3.05) is 6.54 Å². The summed E-state index contributed by atoms with van der Waals surface area (Å²) in [5.41, 5.74) is 2.33. The summed E-state index contributed by atoms with van der Waals surface area (Å²) in [6, 6.07) is 13.6. The van der Waals surface area contributed by atoms with E-state index in [4.69, 9.17) is 0 Å². The van der Waals surface area contributed by atoms with Gasteiger partial charge in [0.2, 0.25) is 6.54 Å². The van der Waals surface area contributed by atoms with Gasteiger partial charge in [-0.25, -0.2) is 0 Å². The molecular weight excluding hydrogens is 382 g/mol. The first kappa shape index (κ1) is 19.5. The summed E-state index contributed by atoms with van der Waals surface area (Å²) in [6.07, 6.45) is 0. The van der Waals surface area contributed by atoms with Gasteiger partial charge in [-0.1, -0.05) is 41.6 Å². The third-order valence-electron chi connectivity index (χ3n) is 4.10. The van der Waals surface area contributed by atoms with Crippen molar-refractivity contribution >= 4 is 17.4 Å². The Morgan fingerprint density at radius 3 is 2.43 bits per heavy atom. The van der Waals surface area contributed by atoms with E-state index in [1.165, 1.54) is 18.2 Å². The molecular formula is C18H17N5O4S. The van der Waals surface area contributed by atoms with Gasteiger partial charge < -0.3 is 0 Å². The van der Waals surface area contributed by atoms with Gasteiger partial charge in [0.15, 0.2) is 5.16 Å². The van der Waals surface area contributed by atoms with E-state index in [0.717, 1.165) is 23.0 Å². The van der Waals surface area contributed by atoms with Gasteiger partial charge in [0.1, 0.15) is 11.1 Å². The minimum absolute atomic E-state index is 0.109. The highest BCUT2D eigenvalue weighted by Crippen LogP contribution is 2.37. The van der Waals surface area contributed by atoms with Crippen LogP contribution in [0.1, 0.15) is 22.2 Å². The van der Waals surface area contributed by atoms with Gasteiger partial charge in [-0.15, -0.1) is 10.2 Å². The molecule has 0 amide bonds. The molecule has 0 N–H and O–H groups in total. The molecule has 0 unspecified atom stereocenters. The monoisotopic (exact) mass is 399 g/mol. The lowest BCUT2D eigenvalue weighted by atomic mass is 10.1. The third-order valence-corrected chi connectivity index (χ3v) is 5.28. The van der Waals surface area contributed by atoms with Gasteiger partial charge in [0.25, 0.3) is 5.69 Å². The van der Waals surface area contributed by atoms with E-state index in [-0.39, 0.29) is 5.69 Å². The highest BCUT2D eigenvalue weighted by Gasteiger charge is 2.25. The van der Waals surface area contributed by atoms with Crippen molar-refractivity contribution in [2.24, 2.45) is 0 Å². The predicted molar refractivity (Wildman–Crippen MR) is 104 cm³/mol. The molecule has 3 aromatic rings. The Balaban J connectivity index is 1.99. The van der Waals surface area contributed by atoms with Crippen molar-refractivity contribution in [3.05, 3.63) is 85.7 Å². The van der Waals surface area contributed by atoms with Crippen molar-refractivity contribution in [2.45, 2.75) is 24.3 Å². The highest BCUT2D eigenvalue weighted by molar-refractivity contribution is 7.99. The van der Waals surface area contributed by atoms with E-state index in [1.54, 1.807) is 13.0 Å². The topological polar surface area (TPSA) is 117 Å². The number of hydrogen-bond acceptors (Lipinski definition) is 7. The number of hydrogen-bond donors (Lipinski definition) is 0. The van der Waals surface area contributed by atoms with Crippen LogP contribution in [0, 0.1) is 34.1 Å². The zero-order valence-corrected chi connectivity index (χ0v) is 16.0. The number of thioether (sulfide) groups is 1. The van der Waals surface area contributed by atoms with Crippen molar-refractivity contribution in [1.82, 2.24) is 14.8 Å². The number of nitro groups is 2. The fourth-order valence-electron chi connectivity index (χ4n) is 2.72. The Labute approximate surface area is 164 Å². The van der Waals surface area contributed by atoms with Crippen molar-refractivity contribution in [3.63, 3.8) is 0 Å². The maximum Gasteiger partial charge on any atom is 0.269 e. The number of rotatable bonds is 7. The van der Waals surface area contributed by atoms with E-state index in [0.29, 0.717) is 16.5 Å². The lowest BCUT2D eigenvalue weighted by Gasteiger charge is -2.14. The molecule has 28 heavy (non-hydrogen) atoms. The molecule has 1 heterocycles. The van der Waals surface area contributed by atoms with E-state index in [9.17, 15) is 20.2 Å². The van der Waals surface area contributed by atoms with Crippen LogP contribution in [-0.2, 0) is 0 Å². The van der Waals surface area contributed by atoms with Crippen molar-refractivity contribution in [1.29, 1.82) is 0 Å². The summed E-state index contributed by atoms with van der Waals surface area (Å²) in [5.74, 6) is 0.644. The van der Waals surface area contributed by atoms with E-state index >= 15 is 0 Å². The van der Waals surface area contributed by atoms with Crippen LogP contribution in [0.4, 0.5) is 5.69 Å². The van der Waals surface area contributed by atoms with Crippen molar-refractivity contribution in [3.8, 4) is 5.69 Å². The zero-order valence-electron chi connectivity index (χ0n) is 15.2. The molecule has 2 aromatic carbocycles. The molecule has 0 saturated heterocycles. The fraction of sp³-hybridized carbons (Fsp3) is 0.222. The lowest BCUT2D eigenvalue weighted by molar-refractivity contribution is -0.479. The van der Waals surface area contributed by atoms with Crippen molar-refractivity contribution < 1.29 is 9.85 Å². The average Bonchev–Trinajstić information content (AvgIpc) is 3.02. The SMILES string of the molecule is Cc1ccc(-n2c(C)nnc2S[C@H](C[N+](=O)[O-])c2cccc([N+](=O)[O-])c2)cc1. The number of aryl methyl sites for hydroxylation is 2. The number of benzene rings is 2. The highest BCUT2D eigenvalue weighted by atomic mass is 32.2. The largest absolute Gasteiger partial charge is 0.274 e. The molecule has 0 saturated carbocycles. The molecule has 0 aliphatic rings. The van der Waals surface area contributed by atoms with Crippen LogP contribution in [0.5, 0.6) is 0 Å². The smallest absolute Gasteiger partial charge is 0.269 e. The van der Waals surface area contributed by atoms with Crippen LogP contribution >= 0.6 is 11.8 Å². The summed E-state index contributed by atoms with van der Waals surface area (Å²) < 4.78 is 1.81. The molecule has 0 fully saturated rings. The number of nitro benzene ring substituents is 1. The molecule has 1 atom stereocenters. The molecule has 0 bridgehead atoms. The van der Waals surface area contributed by atoms with Crippen LogP contribution in [0.3, 0.4) is 0 Å². The van der Waals surface area contributed by atoms with E-state index < -0.39 is 21.6 Å². The molecule has 0 aliphatic heterocycles. The van der Waals surface area contributed by atoms with Gasteiger partial charge in [-0.2, -0.15) is 0 Å². The summed E-state index contributed by atoms with van der Waals surface area (Å²) >= 11 is 1.16. The van der Waals surface area contributed by atoms with Gasteiger partial charge in [0.05, 0.1) is 4.92 Å². The summed E-state index contributed by atoms with van der Waals surface area (Å²) in [4.78, 5) is 21.3. The first-order valence-electron chi connectivity index (χ1n) is 8.37. The van der Waals surface area contributed by atoms with Gasteiger partial charge >= 0.3 is 0 Å².